The molecule has 106 valence electrons. The van der Waals surface area contributed by atoms with Gasteiger partial charge in [0.15, 0.2) is 0 Å². The molecule has 0 bridgehead atoms. The molecule has 0 unspecified atom stereocenters. The van der Waals surface area contributed by atoms with Crippen molar-refractivity contribution in [2.24, 2.45) is 0 Å². The summed E-state index contributed by atoms with van der Waals surface area (Å²) in [4.78, 5) is 10.4. The van der Waals surface area contributed by atoms with Crippen LogP contribution in [0.4, 0.5) is 0 Å². The van der Waals surface area contributed by atoms with Crippen LogP contribution in [0.15, 0.2) is 36.5 Å². The second kappa shape index (κ2) is 6.23. The fraction of sp³-hybridized carbons (Fsp3) is 0.471. The molecule has 0 spiro atoms. The van der Waals surface area contributed by atoms with Crippen molar-refractivity contribution in [1.29, 1.82) is 0 Å². The number of hydrogen-bond donors (Lipinski definition) is 1. The largest absolute Gasteiger partial charge is 0.346 e. The Hall–Kier alpha value is -1.61. The van der Waals surface area contributed by atoms with Crippen LogP contribution >= 0.6 is 0 Å². The maximum atomic E-state index is 4.48. The van der Waals surface area contributed by atoms with Gasteiger partial charge >= 0.3 is 0 Å². The first-order chi connectivity index (χ1) is 9.81. The van der Waals surface area contributed by atoms with Gasteiger partial charge < -0.3 is 9.88 Å². The molecule has 1 saturated heterocycles. The average molecular weight is 269 g/mol. The summed E-state index contributed by atoms with van der Waals surface area (Å²) in [6, 6.07) is 10.8. The zero-order valence-electron chi connectivity index (χ0n) is 12.2. The van der Waals surface area contributed by atoms with Gasteiger partial charge in [0.05, 0.1) is 0 Å². The summed E-state index contributed by atoms with van der Waals surface area (Å²) < 4.78 is 0. The number of likely N-dealkylation sites (tertiary alicyclic amines) is 1. The molecular formula is C17H23N3. The van der Waals surface area contributed by atoms with Crippen molar-refractivity contribution in [2.45, 2.75) is 32.1 Å². The molecule has 0 aliphatic carbocycles. The Labute approximate surface area is 121 Å². The van der Waals surface area contributed by atoms with Crippen LogP contribution in [0.2, 0.25) is 0 Å². The zero-order valence-corrected chi connectivity index (χ0v) is 12.2. The Morgan fingerprint density at radius 3 is 2.90 bits per heavy atom. The van der Waals surface area contributed by atoms with Gasteiger partial charge in [-0.3, -0.25) is 0 Å². The molecular weight excluding hydrogens is 246 g/mol. The van der Waals surface area contributed by atoms with Gasteiger partial charge in [-0.2, -0.15) is 0 Å². The van der Waals surface area contributed by atoms with Crippen LogP contribution in [-0.4, -0.2) is 34.5 Å². The summed E-state index contributed by atoms with van der Waals surface area (Å²) in [5, 5.41) is 0. The Kier molecular flexibility index (Phi) is 4.16. The van der Waals surface area contributed by atoms with Crippen LogP contribution < -0.4 is 0 Å². The lowest BCUT2D eigenvalue weighted by Crippen LogP contribution is -2.22. The van der Waals surface area contributed by atoms with Crippen molar-refractivity contribution < 1.29 is 0 Å². The predicted octanol–water partition coefficient (Wildman–Crippen LogP) is 3.14. The number of aromatic nitrogens is 2. The highest BCUT2D eigenvalue weighted by Crippen LogP contribution is 2.25. The number of hydrogen-bond acceptors (Lipinski definition) is 2. The van der Waals surface area contributed by atoms with Crippen LogP contribution in [0.1, 0.15) is 35.8 Å². The van der Waals surface area contributed by atoms with E-state index in [1.165, 1.54) is 49.4 Å². The number of H-pyrrole nitrogens is 1. The Morgan fingerprint density at radius 2 is 2.15 bits per heavy atom. The normalized spacial score (nSPS) is 19.6. The molecule has 1 aromatic heterocycles. The van der Waals surface area contributed by atoms with E-state index in [0.717, 1.165) is 6.54 Å². The number of benzene rings is 1. The molecule has 1 aliphatic heterocycles. The predicted molar refractivity (Wildman–Crippen MR) is 81.9 cm³/mol. The average Bonchev–Trinajstić information content (AvgIpc) is 3.09. The summed E-state index contributed by atoms with van der Waals surface area (Å²) in [7, 11) is 0. The fourth-order valence-corrected chi connectivity index (χ4v) is 3.05. The van der Waals surface area contributed by atoms with Gasteiger partial charge in [-0.25, -0.2) is 4.98 Å². The minimum Gasteiger partial charge on any atom is -0.346 e. The molecule has 0 radical (unpaired) electrons. The van der Waals surface area contributed by atoms with Crippen molar-refractivity contribution in [3.63, 3.8) is 0 Å². The molecule has 3 heteroatoms. The molecule has 0 amide bonds. The molecule has 1 aromatic carbocycles. The highest BCUT2D eigenvalue weighted by Gasteiger charge is 2.25. The summed E-state index contributed by atoms with van der Waals surface area (Å²) in [6.07, 6.45) is 5.60. The van der Waals surface area contributed by atoms with E-state index < -0.39 is 0 Å². The Bertz CT molecular complexity index is 532. The minimum absolute atomic E-state index is 0.598. The van der Waals surface area contributed by atoms with E-state index in [0.29, 0.717) is 5.92 Å². The van der Waals surface area contributed by atoms with Gasteiger partial charge in [-0.05, 0) is 44.8 Å². The van der Waals surface area contributed by atoms with Gasteiger partial charge in [0.2, 0.25) is 0 Å². The van der Waals surface area contributed by atoms with Gasteiger partial charge in [0.1, 0.15) is 5.82 Å². The number of rotatable bonds is 5. The molecule has 2 aromatic rings. The molecule has 2 heterocycles. The van der Waals surface area contributed by atoms with Crippen molar-refractivity contribution >= 4 is 0 Å². The highest BCUT2D eigenvalue weighted by molar-refractivity contribution is 5.14. The first-order valence-corrected chi connectivity index (χ1v) is 7.59. The quantitative estimate of drug-likeness (QED) is 0.904. The minimum atomic E-state index is 0.598. The fourth-order valence-electron chi connectivity index (χ4n) is 3.05. The van der Waals surface area contributed by atoms with Crippen molar-refractivity contribution in [3.05, 3.63) is 53.6 Å². The second-order valence-corrected chi connectivity index (χ2v) is 5.83. The van der Waals surface area contributed by atoms with Crippen molar-refractivity contribution in [3.8, 4) is 0 Å². The van der Waals surface area contributed by atoms with Crippen LogP contribution in [0.5, 0.6) is 0 Å². The van der Waals surface area contributed by atoms with Crippen LogP contribution in [0.25, 0.3) is 0 Å². The van der Waals surface area contributed by atoms with E-state index in [4.69, 9.17) is 0 Å². The molecule has 1 aliphatic rings. The van der Waals surface area contributed by atoms with E-state index in [1.807, 2.05) is 6.20 Å². The van der Waals surface area contributed by atoms with Gasteiger partial charge in [-0.1, -0.05) is 30.3 Å². The lowest BCUT2D eigenvalue weighted by atomic mass is 10.1. The number of imidazole rings is 1. The first kappa shape index (κ1) is 13.4. The SMILES string of the molecule is Cc1cnc([C@@H]2CCN(CCCc3ccccc3)C2)[nH]1. The molecule has 3 rings (SSSR count). The molecule has 0 saturated carbocycles. The van der Waals surface area contributed by atoms with Crippen molar-refractivity contribution in [1.82, 2.24) is 14.9 Å². The highest BCUT2D eigenvalue weighted by atomic mass is 15.1. The molecule has 3 nitrogen and oxygen atoms in total. The summed E-state index contributed by atoms with van der Waals surface area (Å²) in [5.74, 6) is 1.77. The van der Waals surface area contributed by atoms with Gasteiger partial charge in [-0.15, -0.1) is 0 Å². The zero-order chi connectivity index (χ0) is 13.8. The molecule has 1 N–H and O–H groups in total. The Balaban J connectivity index is 1.44. The number of nitrogens with one attached hydrogen (secondary N) is 1. The third-order valence-corrected chi connectivity index (χ3v) is 4.16. The lowest BCUT2D eigenvalue weighted by Gasteiger charge is -2.15. The van der Waals surface area contributed by atoms with Crippen LogP contribution in [0.3, 0.4) is 0 Å². The summed E-state index contributed by atoms with van der Waals surface area (Å²) >= 11 is 0. The maximum absolute atomic E-state index is 4.48. The number of aromatic amines is 1. The number of nitrogens with zero attached hydrogens (tertiary/aromatic N) is 2. The van der Waals surface area contributed by atoms with E-state index in [9.17, 15) is 0 Å². The number of aryl methyl sites for hydroxylation is 2. The second-order valence-electron chi connectivity index (χ2n) is 5.83. The topological polar surface area (TPSA) is 31.9 Å². The third kappa shape index (κ3) is 3.28. The molecule has 20 heavy (non-hydrogen) atoms. The molecule has 1 atom stereocenters. The summed E-state index contributed by atoms with van der Waals surface area (Å²) in [6.45, 7) is 5.63. The summed E-state index contributed by atoms with van der Waals surface area (Å²) in [5.41, 5.74) is 2.62. The molecule has 1 fully saturated rings. The lowest BCUT2D eigenvalue weighted by molar-refractivity contribution is 0.328. The van der Waals surface area contributed by atoms with Gasteiger partial charge in [0.25, 0.3) is 0 Å². The van der Waals surface area contributed by atoms with E-state index in [2.05, 4.69) is 52.1 Å². The van der Waals surface area contributed by atoms with Crippen molar-refractivity contribution in [2.75, 3.05) is 19.6 Å². The standard InChI is InChI=1S/C17H23N3/c1-14-12-18-17(19-14)16-9-11-20(13-16)10-5-8-15-6-3-2-4-7-15/h2-4,6-7,12,16H,5,8-11,13H2,1H3,(H,18,19)/t16-/m1/s1. The maximum Gasteiger partial charge on any atom is 0.110 e. The van der Waals surface area contributed by atoms with E-state index >= 15 is 0 Å². The van der Waals surface area contributed by atoms with Crippen LogP contribution in [-0.2, 0) is 6.42 Å². The van der Waals surface area contributed by atoms with E-state index in [-0.39, 0.29) is 0 Å². The smallest absolute Gasteiger partial charge is 0.110 e. The van der Waals surface area contributed by atoms with Crippen LogP contribution in [0, 0.1) is 6.92 Å². The van der Waals surface area contributed by atoms with E-state index in [1.54, 1.807) is 0 Å². The monoisotopic (exact) mass is 269 g/mol. The first-order valence-electron chi connectivity index (χ1n) is 7.59. The Morgan fingerprint density at radius 1 is 1.30 bits per heavy atom. The third-order valence-electron chi connectivity index (χ3n) is 4.16. The van der Waals surface area contributed by atoms with Gasteiger partial charge in [0, 0.05) is 24.4 Å².